The summed E-state index contributed by atoms with van der Waals surface area (Å²) in [5, 5.41) is 19.1. The minimum Gasteiger partial charge on any atom is -0.494 e. The lowest BCUT2D eigenvalue weighted by molar-refractivity contribution is -0.135. The lowest BCUT2D eigenvalue weighted by Gasteiger charge is -2.33. The summed E-state index contributed by atoms with van der Waals surface area (Å²) in [6.45, 7) is 2.88. The van der Waals surface area contributed by atoms with Gasteiger partial charge in [-0.3, -0.25) is 0 Å². The van der Waals surface area contributed by atoms with E-state index in [2.05, 4.69) is 6.92 Å². The van der Waals surface area contributed by atoms with E-state index >= 15 is 0 Å². The third-order valence-electron chi connectivity index (χ3n) is 5.19. The summed E-state index contributed by atoms with van der Waals surface area (Å²) in [7, 11) is 0. The number of ether oxygens (including phenoxy) is 2. The van der Waals surface area contributed by atoms with Gasteiger partial charge in [0.2, 0.25) is 0 Å². The molecule has 0 saturated carbocycles. The van der Waals surface area contributed by atoms with Crippen molar-refractivity contribution in [3.8, 4) is 5.75 Å². The molecule has 1 fully saturated rings. The fourth-order valence-corrected chi connectivity index (χ4v) is 3.49. The van der Waals surface area contributed by atoms with Crippen LogP contribution in [0.1, 0.15) is 82.8 Å². The predicted octanol–water partition coefficient (Wildman–Crippen LogP) is 4.78. The number of unbranched alkanes of at least 4 members (excludes halogenated alkanes) is 7. The third kappa shape index (κ3) is 7.26. The molecule has 1 aromatic rings. The first-order valence-electron chi connectivity index (χ1n) is 10.4. The van der Waals surface area contributed by atoms with E-state index in [1.54, 1.807) is 0 Å². The van der Waals surface area contributed by atoms with E-state index in [0.29, 0.717) is 6.42 Å². The van der Waals surface area contributed by atoms with Crippen LogP contribution in [0.5, 0.6) is 5.75 Å². The van der Waals surface area contributed by atoms with Gasteiger partial charge < -0.3 is 19.7 Å². The fraction of sp³-hybridized carbons (Fsp3) is 0.727. The van der Waals surface area contributed by atoms with E-state index in [-0.39, 0.29) is 12.7 Å². The van der Waals surface area contributed by atoms with Crippen LogP contribution in [0.15, 0.2) is 24.3 Å². The van der Waals surface area contributed by atoms with Crippen molar-refractivity contribution in [1.29, 1.82) is 0 Å². The molecule has 1 aromatic carbocycles. The Balaban J connectivity index is 1.62. The number of rotatable bonds is 12. The second-order valence-corrected chi connectivity index (χ2v) is 7.38. The fourth-order valence-electron chi connectivity index (χ4n) is 3.49. The minimum absolute atomic E-state index is 0.0580. The molecule has 2 rings (SSSR count). The quantitative estimate of drug-likeness (QED) is 0.524. The maximum atomic E-state index is 9.79. The second-order valence-electron chi connectivity index (χ2n) is 7.38. The SMILES string of the molecule is CCCCCCCCCCOc1ccc([C@@H]2CC[C@H](O)[C@@H](CO)O2)cc1. The van der Waals surface area contributed by atoms with E-state index in [9.17, 15) is 10.2 Å². The maximum absolute atomic E-state index is 9.79. The van der Waals surface area contributed by atoms with Crippen LogP contribution in [0.2, 0.25) is 0 Å². The van der Waals surface area contributed by atoms with Gasteiger partial charge in [-0.2, -0.15) is 0 Å². The molecular formula is C22H36O4. The average molecular weight is 365 g/mol. The van der Waals surface area contributed by atoms with Gasteiger partial charge in [0.15, 0.2) is 0 Å². The van der Waals surface area contributed by atoms with Crippen molar-refractivity contribution < 1.29 is 19.7 Å². The van der Waals surface area contributed by atoms with E-state index in [4.69, 9.17) is 9.47 Å². The van der Waals surface area contributed by atoms with Gasteiger partial charge in [-0.05, 0) is 37.0 Å². The summed E-state index contributed by atoms with van der Waals surface area (Å²) in [5.41, 5.74) is 1.08. The van der Waals surface area contributed by atoms with Crippen LogP contribution in [0.25, 0.3) is 0 Å². The van der Waals surface area contributed by atoms with Crippen LogP contribution in [0.4, 0.5) is 0 Å². The highest BCUT2D eigenvalue weighted by Crippen LogP contribution is 2.32. The average Bonchev–Trinajstić information content (AvgIpc) is 2.67. The molecule has 4 nitrogen and oxygen atoms in total. The Hall–Kier alpha value is -1.10. The van der Waals surface area contributed by atoms with E-state index in [1.807, 2.05) is 24.3 Å². The van der Waals surface area contributed by atoms with E-state index in [1.165, 1.54) is 44.9 Å². The largest absolute Gasteiger partial charge is 0.494 e. The molecule has 0 amide bonds. The summed E-state index contributed by atoms with van der Waals surface area (Å²) in [6, 6.07) is 8.03. The van der Waals surface area contributed by atoms with E-state index in [0.717, 1.165) is 30.8 Å². The number of benzene rings is 1. The highest BCUT2D eigenvalue weighted by molar-refractivity contribution is 5.28. The molecule has 1 saturated heterocycles. The Morgan fingerprint density at radius 1 is 0.962 bits per heavy atom. The van der Waals surface area contributed by atoms with Gasteiger partial charge >= 0.3 is 0 Å². The Morgan fingerprint density at radius 2 is 1.62 bits per heavy atom. The lowest BCUT2D eigenvalue weighted by Crippen LogP contribution is -2.38. The number of hydrogen-bond donors (Lipinski definition) is 2. The van der Waals surface area contributed by atoms with E-state index < -0.39 is 12.2 Å². The molecule has 0 aromatic heterocycles. The summed E-state index contributed by atoms with van der Waals surface area (Å²) in [5.74, 6) is 0.895. The second kappa shape index (κ2) is 12.3. The molecule has 26 heavy (non-hydrogen) atoms. The molecule has 0 aliphatic carbocycles. The molecule has 4 heteroatoms. The zero-order chi connectivity index (χ0) is 18.6. The molecule has 148 valence electrons. The van der Waals surface area contributed by atoms with Crippen molar-refractivity contribution in [3.05, 3.63) is 29.8 Å². The standard InChI is InChI=1S/C22H36O4/c1-2-3-4-5-6-7-8-9-16-25-19-12-10-18(11-13-19)21-15-14-20(24)22(17-23)26-21/h10-13,20-24H,2-9,14-17H2,1H3/t20-,21-,22+/m0/s1. The van der Waals surface area contributed by atoms with Gasteiger partial charge in [-0.1, -0.05) is 64.0 Å². The molecule has 1 aliphatic heterocycles. The Bertz CT molecular complexity index is 474. The zero-order valence-electron chi connectivity index (χ0n) is 16.2. The van der Waals surface area contributed by atoms with Crippen LogP contribution >= 0.6 is 0 Å². The Morgan fingerprint density at radius 3 is 2.27 bits per heavy atom. The first-order chi connectivity index (χ1) is 12.7. The molecule has 1 heterocycles. The molecule has 0 unspecified atom stereocenters. The lowest BCUT2D eigenvalue weighted by atomic mass is 9.96. The topological polar surface area (TPSA) is 58.9 Å². The number of hydrogen-bond acceptors (Lipinski definition) is 4. The molecule has 1 aliphatic rings. The van der Waals surface area contributed by atoms with Crippen molar-refractivity contribution >= 4 is 0 Å². The van der Waals surface area contributed by atoms with Gasteiger partial charge in [-0.15, -0.1) is 0 Å². The Kier molecular flexibility index (Phi) is 10.0. The summed E-state index contributed by atoms with van der Waals surface area (Å²) < 4.78 is 11.6. The molecule has 0 radical (unpaired) electrons. The van der Waals surface area contributed by atoms with Crippen molar-refractivity contribution in [2.24, 2.45) is 0 Å². The van der Waals surface area contributed by atoms with Crippen LogP contribution in [-0.4, -0.2) is 35.6 Å². The maximum Gasteiger partial charge on any atom is 0.119 e. The molecular weight excluding hydrogens is 328 g/mol. The summed E-state index contributed by atoms with van der Waals surface area (Å²) >= 11 is 0. The van der Waals surface area contributed by atoms with Crippen molar-refractivity contribution in [3.63, 3.8) is 0 Å². The van der Waals surface area contributed by atoms with Gasteiger partial charge in [0, 0.05) is 0 Å². The van der Waals surface area contributed by atoms with Crippen LogP contribution in [0, 0.1) is 0 Å². The highest BCUT2D eigenvalue weighted by atomic mass is 16.5. The normalized spacial score (nSPS) is 23.1. The number of aliphatic hydroxyl groups is 2. The van der Waals surface area contributed by atoms with Gasteiger partial charge in [0.05, 0.1) is 25.4 Å². The first kappa shape index (κ1) is 21.2. The van der Waals surface area contributed by atoms with Crippen LogP contribution < -0.4 is 4.74 Å². The van der Waals surface area contributed by atoms with Crippen molar-refractivity contribution in [2.75, 3.05) is 13.2 Å². The van der Waals surface area contributed by atoms with Gasteiger partial charge in [0.25, 0.3) is 0 Å². The summed E-state index contributed by atoms with van der Waals surface area (Å²) in [4.78, 5) is 0. The third-order valence-corrected chi connectivity index (χ3v) is 5.19. The van der Waals surface area contributed by atoms with Crippen LogP contribution in [-0.2, 0) is 4.74 Å². The molecule has 2 N–H and O–H groups in total. The number of aliphatic hydroxyl groups excluding tert-OH is 2. The molecule has 3 atom stereocenters. The Labute approximate surface area is 158 Å². The van der Waals surface area contributed by atoms with Crippen LogP contribution in [0.3, 0.4) is 0 Å². The monoisotopic (exact) mass is 364 g/mol. The minimum atomic E-state index is -0.564. The highest BCUT2D eigenvalue weighted by Gasteiger charge is 2.30. The zero-order valence-corrected chi connectivity index (χ0v) is 16.2. The van der Waals surface area contributed by atoms with Gasteiger partial charge in [-0.25, -0.2) is 0 Å². The molecule has 0 bridgehead atoms. The molecule has 0 spiro atoms. The van der Waals surface area contributed by atoms with Crippen molar-refractivity contribution in [1.82, 2.24) is 0 Å². The van der Waals surface area contributed by atoms with Gasteiger partial charge in [0.1, 0.15) is 11.9 Å². The first-order valence-corrected chi connectivity index (χ1v) is 10.4. The predicted molar refractivity (Wildman–Crippen MR) is 104 cm³/mol. The smallest absolute Gasteiger partial charge is 0.119 e. The summed E-state index contributed by atoms with van der Waals surface area (Å²) in [6.07, 6.45) is 10.8. The van der Waals surface area contributed by atoms with Crippen molar-refractivity contribution in [2.45, 2.75) is 89.4 Å².